The third-order valence-corrected chi connectivity index (χ3v) is 4.41. The second-order valence-corrected chi connectivity index (χ2v) is 6.31. The van der Waals surface area contributed by atoms with Gasteiger partial charge in [-0.1, -0.05) is 24.4 Å². The van der Waals surface area contributed by atoms with Crippen molar-refractivity contribution in [1.82, 2.24) is 20.8 Å². The van der Waals surface area contributed by atoms with Gasteiger partial charge < -0.3 is 15.2 Å². The SMILES string of the molecule is O=C(NCCNC(=O)c1nc(C2CCCCC2)no1)c1ccc(F)cc1. The van der Waals surface area contributed by atoms with E-state index in [4.69, 9.17) is 4.52 Å². The van der Waals surface area contributed by atoms with Crippen molar-refractivity contribution in [3.8, 4) is 0 Å². The second kappa shape index (κ2) is 8.55. The molecule has 0 radical (unpaired) electrons. The van der Waals surface area contributed by atoms with Crippen LogP contribution in [0.3, 0.4) is 0 Å². The van der Waals surface area contributed by atoms with Gasteiger partial charge in [0.15, 0.2) is 5.82 Å². The minimum absolute atomic E-state index is 0.0598. The molecule has 1 aromatic heterocycles. The van der Waals surface area contributed by atoms with E-state index in [1.807, 2.05) is 0 Å². The van der Waals surface area contributed by atoms with Crippen LogP contribution in [0.1, 0.15) is 64.9 Å². The first-order valence-corrected chi connectivity index (χ1v) is 8.79. The minimum Gasteiger partial charge on any atom is -0.350 e. The maximum absolute atomic E-state index is 12.8. The maximum atomic E-state index is 12.8. The Hall–Kier alpha value is -2.77. The number of aromatic nitrogens is 2. The third-order valence-electron chi connectivity index (χ3n) is 4.41. The molecular weight excluding hydrogens is 339 g/mol. The van der Waals surface area contributed by atoms with Gasteiger partial charge in [0.1, 0.15) is 5.82 Å². The van der Waals surface area contributed by atoms with Crippen molar-refractivity contribution in [2.45, 2.75) is 38.0 Å². The summed E-state index contributed by atoms with van der Waals surface area (Å²) < 4.78 is 17.9. The predicted octanol–water partition coefficient (Wildman–Crippen LogP) is 2.42. The summed E-state index contributed by atoms with van der Waals surface area (Å²) in [5.41, 5.74) is 0.353. The lowest BCUT2D eigenvalue weighted by molar-refractivity contribution is 0.0898. The molecular formula is C18H21FN4O3. The number of amides is 2. The summed E-state index contributed by atoms with van der Waals surface area (Å²) in [5.74, 6) is -0.396. The van der Waals surface area contributed by atoms with Gasteiger partial charge in [-0.2, -0.15) is 4.98 Å². The zero-order valence-electron chi connectivity index (χ0n) is 14.3. The van der Waals surface area contributed by atoms with Crippen LogP contribution in [0, 0.1) is 5.82 Å². The molecule has 7 nitrogen and oxygen atoms in total. The fraction of sp³-hybridized carbons (Fsp3) is 0.444. The Morgan fingerprint density at radius 3 is 2.38 bits per heavy atom. The summed E-state index contributed by atoms with van der Waals surface area (Å²) in [7, 11) is 0. The number of hydrogen-bond donors (Lipinski definition) is 2. The highest BCUT2D eigenvalue weighted by Gasteiger charge is 2.23. The number of halogens is 1. The largest absolute Gasteiger partial charge is 0.350 e. The number of rotatable bonds is 6. The average molecular weight is 360 g/mol. The maximum Gasteiger partial charge on any atom is 0.315 e. The lowest BCUT2D eigenvalue weighted by Crippen LogP contribution is -2.34. The van der Waals surface area contributed by atoms with E-state index in [1.165, 1.54) is 30.7 Å². The van der Waals surface area contributed by atoms with Crippen LogP contribution in [0.4, 0.5) is 4.39 Å². The first-order valence-electron chi connectivity index (χ1n) is 8.79. The molecule has 0 aliphatic heterocycles. The normalized spacial score (nSPS) is 14.8. The number of nitrogens with zero attached hydrogens (tertiary/aromatic N) is 2. The average Bonchev–Trinajstić information content (AvgIpc) is 3.16. The standard InChI is InChI=1S/C18H21FN4O3/c19-14-8-6-13(7-9-14)16(24)20-10-11-21-17(25)18-22-15(23-26-18)12-4-2-1-3-5-12/h6-9,12H,1-5,10-11H2,(H,20,24)(H,21,25). The fourth-order valence-electron chi connectivity index (χ4n) is 2.98. The zero-order valence-corrected chi connectivity index (χ0v) is 14.3. The molecule has 1 heterocycles. The van der Waals surface area contributed by atoms with Crippen molar-refractivity contribution in [1.29, 1.82) is 0 Å². The van der Waals surface area contributed by atoms with E-state index in [-0.39, 0.29) is 30.8 Å². The molecule has 1 saturated carbocycles. The molecule has 0 saturated heterocycles. The molecule has 26 heavy (non-hydrogen) atoms. The van der Waals surface area contributed by atoms with Gasteiger partial charge in [0.25, 0.3) is 5.91 Å². The van der Waals surface area contributed by atoms with E-state index in [0.717, 1.165) is 25.7 Å². The van der Waals surface area contributed by atoms with E-state index < -0.39 is 11.7 Å². The van der Waals surface area contributed by atoms with Crippen molar-refractivity contribution >= 4 is 11.8 Å². The Balaban J connectivity index is 1.42. The topological polar surface area (TPSA) is 97.1 Å². The van der Waals surface area contributed by atoms with Gasteiger partial charge in [-0.25, -0.2) is 4.39 Å². The number of benzene rings is 1. The van der Waals surface area contributed by atoms with Crippen molar-refractivity contribution in [2.24, 2.45) is 0 Å². The highest BCUT2D eigenvalue weighted by Crippen LogP contribution is 2.30. The van der Waals surface area contributed by atoms with Crippen LogP contribution in [0.25, 0.3) is 0 Å². The Bertz CT molecular complexity index is 754. The van der Waals surface area contributed by atoms with Gasteiger partial charge in [0.2, 0.25) is 0 Å². The molecule has 2 amide bonds. The van der Waals surface area contributed by atoms with Crippen molar-refractivity contribution in [3.05, 3.63) is 47.4 Å². The van der Waals surface area contributed by atoms with Crippen LogP contribution in [0.2, 0.25) is 0 Å². The Morgan fingerprint density at radius 2 is 1.69 bits per heavy atom. The van der Waals surface area contributed by atoms with Crippen LogP contribution in [0.5, 0.6) is 0 Å². The molecule has 0 atom stereocenters. The summed E-state index contributed by atoms with van der Waals surface area (Å²) in [4.78, 5) is 28.1. The summed E-state index contributed by atoms with van der Waals surface area (Å²) in [6.45, 7) is 0.443. The first kappa shape index (κ1) is 18.0. The quantitative estimate of drug-likeness (QED) is 0.771. The molecule has 2 N–H and O–H groups in total. The molecule has 138 valence electrons. The number of nitrogens with one attached hydrogen (secondary N) is 2. The first-order chi connectivity index (χ1) is 12.6. The van der Waals surface area contributed by atoms with Gasteiger partial charge in [0, 0.05) is 24.6 Å². The monoisotopic (exact) mass is 360 g/mol. The van der Waals surface area contributed by atoms with E-state index in [1.54, 1.807) is 0 Å². The highest BCUT2D eigenvalue weighted by molar-refractivity contribution is 5.94. The number of carbonyl (C=O) groups excluding carboxylic acids is 2. The Kier molecular flexibility index (Phi) is 5.93. The molecule has 3 rings (SSSR count). The molecule has 0 unspecified atom stereocenters. The fourth-order valence-corrected chi connectivity index (χ4v) is 2.98. The van der Waals surface area contributed by atoms with Gasteiger partial charge >= 0.3 is 11.8 Å². The molecule has 0 bridgehead atoms. The van der Waals surface area contributed by atoms with Crippen LogP contribution >= 0.6 is 0 Å². The molecule has 0 spiro atoms. The lowest BCUT2D eigenvalue weighted by atomic mass is 9.89. The van der Waals surface area contributed by atoms with Crippen LogP contribution in [-0.2, 0) is 0 Å². The van der Waals surface area contributed by atoms with Crippen molar-refractivity contribution in [3.63, 3.8) is 0 Å². The number of hydrogen-bond acceptors (Lipinski definition) is 5. The minimum atomic E-state index is -0.462. The van der Waals surface area contributed by atoms with Gasteiger partial charge in [-0.15, -0.1) is 0 Å². The summed E-state index contributed by atoms with van der Waals surface area (Å²) in [5, 5.41) is 9.18. The smallest absolute Gasteiger partial charge is 0.315 e. The van der Waals surface area contributed by atoms with Gasteiger partial charge in [-0.3, -0.25) is 9.59 Å². The second-order valence-electron chi connectivity index (χ2n) is 6.31. The summed E-state index contributed by atoms with van der Waals surface area (Å²) in [6, 6.07) is 5.23. The van der Waals surface area contributed by atoms with E-state index in [2.05, 4.69) is 20.8 Å². The Morgan fingerprint density at radius 1 is 1.04 bits per heavy atom. The van der Waals surface area contributed by atoms with Gasteiger partial charge in [-0.05, 0) is 37.1 Å². The predicted molar refractivity (Wildman–Crippen MR) is 91.2 cm³/mol. The van der Waals surface area contributed by atoms with Crippen LogP contribution < -0.4 is 10.6 Å². The van der Waals surface area contributed by atoms with Crippen molar-refractivity contribution in [2.75, 3.05) is 13.1 Å². The van der Waals surface area contributed by atoms with Gasteiger partial charge in [0.05, 0.1) is 0 Å². The molecule has 2 aromatic rings. The molecule has 1 aromatic carbocycles. The summed E-state index contributed by atoms with van der Waals surface area (Å²) in [6.07, 6.45) is 5.57. The lowest BCUT2D eigenvalue weighted by Gasteiger charge is -2.17. The molecule has 1 aliphatic carbocycles. The Labute approximate surface area is 150 Å². The highest BCUT2D eigenvalue weighted by atomic mass is 19.1. The van der Waals surface area contributed by atoms with Crippen LogP contribution in [-0.4, -0.2) is 35.0 Å². The van der Waals surface area contributed by atoms with E-state index in [9.17, 15) is 14.0 Å². The molecule has 1 fully saturated rings. The molecule has 1 aliphatic rings. The third kappa shape index (κ3) is 4.65. The van der Waals surface area contributed by atoms with E-state index >= 15 is 0 Å². The van der Waals surface area contributed by atoms with Crippen molar-refractivity contribution < 1.29 is 18.5 Å². The molecule has 8 heteroatoms. The zero-order chi connectivity index (χ0) is 18.4. The summed E-state index contributed by atoms with van der Waals surface area (Å²) >= 11 is 0. The van der Waals surface area contributed by atoms with E-state index in [0.29, 0.717) is 11.4 Å². The number of carbonyl (C=O) groups is 2. The van der Waals surface area contributed by atoms with Crippen LogP contribution in [0.15, 0.2) is 28.8 Å².